The predicted octanol–water partition coefficient (Wildman–Crippen LogP) is 2.45. The number of aromatic nitrogens is 2. The van der Waals surface area contributed by atoms with Gasteiger partial charge in [0.15, 0.2) is 0 Å². The number of nitrogens with zero attached hydrogens (tertiary/aromatic N) is 2. The van der Waals surface area contributed by atoms with E-state index in [1.807, 2.05) is 12.4 Å². The van der Waals surface area contributed by atoms with Crippen LogP contribution in [0.1, 0.15) is 17.5 Å². The van der Waals surface area contributed by atoms with E-state index in [2.05, 4.69) is 39.6 Å². The molecular weight excluding hydrogens is 210 g/mol. The molecule has 0 radical (unpaired) electrons. The van der Waals surface area contributed by atoms with Gasteiger partial charge in [0.05, 0.1) is 0 Å². The molecule has 3 heteroatoms. The van der Waals surface area contributed by atoms with Gasteiger partial charge < -0.3 is 5.32 Å². The Hall–Kier alpha value is -1.90. The van der Waals surface area contributed by atoms with Gasteiger partial charge in [-0.2, -0.15) is 0 Å². The lowest BCUT2D eigenvalue weighted by atomic mass is 9.95. The van der Waals surface area contributed by atoms with E-state index in [0.29, 0.717) is 6.04 Å². The monoisotopic (exact) mass is 225 g/mol. The highest BCUT2D eigenvalue weighted by molar-refractivity contribution is 5.53. The van der Waals surface area contributed by atoms with E-state index in [1.165, 1.54) is 23.2 Å². The zero-order chi connectivity index (χ0) is 11.5. The van der Waals surface area contributed by atoms with Crippen LogP contribution in [0.25, 0.3) is 0 Å². The van der Waals surface area contributed by atoms with Crippen molar-refractivity contribution in [1.82, 2.24) is 9.97 Å². The molecule has 1 N–H and O–H groups in total. The lowest BCUT2D eigenvalue weighted by Gasteiger charge is -2.26. The molecule has 0 aliphatic carbocycles. The minimum absolute atomic E-state index is 0.496. The van der Waals surface area contributed by atoms with E-state index in [0.717, 1.165) is 12.8 Å². The van der Waals surface area contributed by atoms with E-state index in [1.54, 1.807) is 6.33 Å². The van der Waals surface area contributed by atoms with Gasteiger partial charge in [-0.1, -0.05) is 18.2 Å². The summed E-state index contributed by atoms with van der Waals surface area (Å²) in [5.74, 6) is 0. The smallest absolute Gasteiger partial charge is 0.115 e. The summed E-state index contributed by atoms with van der Waals surface area (Å²) in [6.07, 6.45) is 8.69. The van der Waals surface area contributed by atoms with Crippen LogP contribution in [0.5, 0.6) is 0 Å². The average molecular weight is 225 g/mol. The van der Waals surface area contributed by atoms with Crippen LogP contribution in [-0.2, 0) is 12.8 Å². The van der Waals surface area contributed by atoms with Gasteiger partial charge >= 0.3 is 0 Å². The van der Waals surface area contributed by atoms with Crippen LogP contribution >= 0.6 is 0 Å². The lowest BCUT2D eigenvalue weighted by Crippen LogP contribution is -2.27. The van der Waals surface area contributed by atoms with Crippen LogP contribution in [0.2, 0.25) is 0 Å². The Labute approximate surface area is 101 Å². The van der Waals surface area contributed by atoms with Gasteiger partial charge in [0.25, 0.3) is 0 Å². The van der Waals surface area contributed by atoms with Gasteiger partial charge in [-0.05, 0) is 36.5 Å². The Balaban J connectivity index is 1.72. The highest BCUT2D eigenvalue weighted by atomic mass is 14.9. The minimum Gasteiger partial charge on any atom is -0.382 e. The summed E-state index contributed by atoms with van der Waals surface area (Å²) in [6.45, 7) is 0. The molecule has 0 fully saturated rings. The normalized spacial score (nSPS) is 18.2. The summed E-state index contributed by atoms with van der Waals surface area (Å²) < 4.78 is 0. The molecule has 3 rings (SSSR count). The van der Waals surface area contributed by atoms with Gasteiger partial charge in [0.1, 0.15) is 6.33 Å². The SMILES string of the molecule is c1ccc2c(c1)CCC(Cc1cncnc1)N2. The number of fused-ring (bicyclic) bond motifs is 1. The van der Waals surface area contributed by atoms with Crippen molar-refractivity contribution < 1.29 is 0 Å². The number of anilines is 1. The standard InChI is InChI=1S/C14H15N3/c1-2-4-14-12(3-1)5-6-13(17-14)7-11-8-15-10-16-9-11/h1-4,8-10,13,17H,5-7H2. The Kier molecular flexibility index (Phi) is 2.74. The number of rotatable bonds is 2. The van der Waals surface area contributed by atoms with Crippen molar-refractivity contribution in [3.63, 3.8) is 0 Å². The largest absolute Gasteiger partial charge is 0.382 e. The molecule has 3 nitrogen and oxygen atoms in total. The predicted molar refractivity (Wildman–Crippen MR) is 67.9 cm³/mol. The maximum atomic E-state index is 4.06. The van der Waals surface area contributed by atoms with Crippen molar-refractivity contribution in [1.29, 1.82) is 0 Å². The number of nitrogens with one attached hydrogen (secondary N) is 1. The quantitative estimate of drug-likeness (QED) is 0.853. The molecule has 0 spiro atoms. The summed E-state index contributed by atoms with van der Waals surface area (Å²) in [5, 5.41) is 3.59. The maximum absolute atomic E-state index is 4.06. The number of hydrogen-bond acceptors (Lipinski definition) is 3. The van der Waals surface area contributed by atoms with Crippen LogP contribution < -0.4 is 5.32 Å². The zero-order valence-corrected chi connectivity index (χ0v) is 9.63. The number of hydrogen-bond donors (Lipinski definition) is 1. The molecule has 1 aromatic heterocycles. The molecule has 1 aliphatic heterocycles. The zero-order valence-electron chi connectivity index (χ0n) is 9.63. The molecule has 17 heavy (non-hydrogen) atoms. The molecule has 2 heterocycles. The Morgan fingerprint density at radius 3 is 2.88 bits per heavy atom. The van der Waals surface area contributed by atoms with E-state index in [9.17, 15) is 0 Å². The summed E-state index contributed by atoms with van der Waals surface area (Å²) in [6, 6.07) is 9.04. The first-order chi connectivity index (χ1) is 8.42. The summed E-state index contributed by atoms with van der Waals surface area (Å²) in [4.78, 5) is 8.11. The van der Waals surface area contributed by atoms with Gasteiger partial charge in [0.2, 0.25) is 0 Å². The summed E-state index contributed by atoms with van der Waals surface area (Å²) in [7, 11) is 0. The van der Waals surface area contributed by atoms with Crippen molar-refractivity contribution in [2.24, 2.45) is 0 Å². The fourth-order valence-corrected chi connectivity index (χ4v) is 2.37. The van der Waals surface area contributed by atoms with Crippen molar-refractivity contribution >= 4 is 5.69 Å². The molecule has 2 aromatic rings. The third-order valence-electron chi connectivity index (χ3n) is 3.24. The maximum Gasteiger partial charge on any atom is 0.115 e. The van der Waals surface area contributed by atoms with Gasteiger partial charge in [0, 0.05) is 24.1 Å². The molecule has 0 amide bonds. The Morgan fingerprint density at radius 2 is 2.00 bits per heavy atom. The second kappa shape index (κ2) is 4.53. The molecule has 86 valence electrons. The van der Waals surface area contributed by atoms with Gasteiger partial charge in [-0.15, -0.1) is 0 Å². The molecular formula is C14H15N3. The van der Waals surface area contributed by atoms with Crippen molar-refractivity contribution in [2.75, 3.05) is 5.32 Å². The summed E-state index contributed by atoms with van der Waals surface area (Å²) >= 11 is 0. The van der Waals surface area contributed by atoms with Crippen LogP contribution in [0.3, 0.4) is 0 Å². The topological polar surface area (TPSA) is 37.8 Å². The first-order valence-electron chi connectivity index (χ1n) is 6.00. The van der Waals surface area contributed by atoms with E-state index >= 15 is 0 Å². The third-order valence-corrected chi connectivity index (χ3v) is 3.24. The second-order valence-electron chi connectivity index (χ2n) is 4.49. The fourth-order valence-electron chi connectivity index (χ4n) is 2.37. The van der Waals surface area contributed by atoms with Crippen molar-refractivity contribution in [3.8, 4) is 0 Å². The molecule has 1 aliphatic rings. The Bertz CT molecular complexity index is 496. The number of aryl methyl sites for hydroxylation is 1. The first kappa shape index (κ1) is 10.3. The van der Waals surface area contributed by atoms with Gasteiger partial charge in [-0.3, -0.25) is 0 Å². The molecule has 1 aromatic carbocycles. The highest BCUT2D eigenvalue weighted by Gasteiger charge is 2.17. The van der Waals surface area contributed by atoms with E-state index in [-0.39, 0.29) is 0 Å². The van der Waals surface area contributed by atoms with Crippen molar-refractivity contribution in [2.45, 2.75) is 25.3 Å². The van der Waals surface area contributed by atoms with Crippen LogP contribution in [0.15, 0.2) is 43.0 Å². The van der Waals surface area contributed by atoms with Crippen LogP contribution in [0, 0.1) is 0 Å². The second-order valence-corrected chi connectivity index (χ2v) is 4.49. The van der Waals surface area contributed by atoms with E-state index in [4.69, 9.17) is 0 Å². The average Bonchev–Trinajstić information content (AvgIpc) is 2.40. The number of benzene rings is 1. The first-order valence-corrected chi connectivity index (χ1v) is 6.00. The Morgan fingerprint density at radius 1 is 1.18 bits per heavy atom. The summed E-state index contributed by atoms with van der Waals surface area (Å²) in [5.41, 5.74) is 3.90. The molecule has 1 atom stereocenters. The van der Waals surface area contributed by atoms with Crippen LogP contribution in [-0.4, -0.2) is 16.0 Å². The molecule has 0 bridgehead atoms. The molecule has 1 unspecified atom stereocenters. The fraction of sp³-hybridized carbons (Fsp3) is 0.286. The minimum atomic E-state index is 0.496. The van der Waals surface area contributed by atoms with Gasteiger partial charge in [-0.25, -0.2) is 9.97 Å². The molecule has 0 saturated carbocycles. The van der Waals surface area contributed by atoms with Crippen LogP contribution in [0.4, 0.5) is 5.69 Å². The number of para-hydroxylation sites is 1. The van der Waals surface area contributed by atoms with E-state index < -0.39 is 0 Å². The highest BCUT2D eigenvalue weighted by Crippen LogP contribution is 2.25. The molecule has 0 saturated heterocycles. The van der Waals surface area contributed by atoms with Crippen molar-refractivity contribution in [3.05, 3.63) is 54.1 Å². The lowest BCUT2D eigenvalue weighted by molar-refractivity contribution is 0.626. The third kappa shape index (κ3) is 2.28.